The molecule has 2 rings (SSSR count). The fourth-order valence-electron chi connectivity index (χ4n) is 2.11. The lowest BCUT2D eigenvalue weighted by molar-refractivity contribution is 0.627. The Morgan fingerprint density at radius 3 is 2.32 bits per heavy atom. The zero-order valence-corrected chi connectivity index (χ0v) is 14.1. The summed E-state index contributed by atoms with van der Waals surface area (Å²) in [5.74, 6) is 0. The highest BCUT2D eigenvalue weighted by Gasteiger charge is 2.14. The number of aromatic nitrogens is 1. The van der Waals surface area contributed by atoms with E-state index in [1.54, 1.807) is 0 Å². The molecule has 1 N–H and O–H groups in total. The van der Waals surface area contributed by atoms with Crippen molar-refractivity contribution in [1.82, 2.24) is 10.3 Å². The topological polar surface area (TPSA) is 24.9 Å². The standard InChI is InChI=1S/C15H16Br2N2/c1-3-19-15(12-4-10(2)8-18-9-12)11-5-13(16)7-14(17)6-11/h4-9,15,19H,3H2,1-2H3. The quantitative estimate of drug-likeness (QED) is 0.833. The van der Waals surface area contributed by atoms with E-state index in [4.69, 9.17) is 0 Å². The molecule has 0 bridgehead atoms. The van der Waals surface area contributed by atoms with Crippen molar-refractivity contribution in [2.45, 2.75) is 19.9 Å². The molecule has 0 spiro atoms. The molecule has 1 heterocycles. The van der Waals surface area contributed by atoms with Gasteiger partial charge in [-0.2, -0.15) is 0 Å². The maximum absolute atomic E-state index is 4.29. The van der Waals surface area contributed by atoms with Gasteiger partial charge >= 0.3 is 0 Å². The first-order chi connectivity index (χ1) is 9.10. The molecule has 0 aliphatic carbocycles. The summed E-state index contributed by atoms with van der Waals surface area (Å²) in [7, 11) is 0. The van der Waals surface area contributed by atoms with Crippen molar-refractivity contribution < 1.29 is 0 Å². The number of hydrogen-bond acceptors (Lipinski definition) is 2. The minimum absolute atomic E-state index is 0.159. The normalized spacial score (nSPS) is 12.4. The van der Waals surface area contributed by atoms with Crippen molar-refractivity contribution in [1.29, 1.82) is 0 Å². The Balaban J connectivity index is 2.44. The molecule has 0 radical (unpaired) electrons. The van der Waals surface area contributed by atoms with Crippen molar-refractivity contribution in [3.8, 4) is 0 Å². The number of aryl methyl sites for hydroxylation is 1. The van der Waals surface area contributed by atoms with Crippen molar-refractivity contribution in [3.05, 3.63) is 62.3 Å². The van der Waals surface area contributed by atoms with Gasteiger partial charge in [-0.1, -0.05) is 44.8 Å². The lowest BCUT2D eigenvalue weighted by Gasteiger charge is -2.19. The Hall–Kier alpha value is -0.710. The molecule has 0 amide bonds. The molecule has 1 atom stereocenters. The molecular formula is C15H16Br2N2. The second-order valence-electron chi connectivity index (χ2n) is 4.49. The highest BCUT2D eigenvalue weighted by molar-refractivity contribution is 9.11. The van der Waals surface area contributed by atoms with Crippen LogP contribution in [-0.4, -0.2) is 11.5 Å². The maximum atomic E-state index is 4.29. The van der Waals surface area contributed by atoms with Crippen LogP contribution in [0.5, 0.6) is 0 Å². The Kier molecular flexibility index (Phi) is 5.13. The smallest absolute Gasteiger partial charge is 0.0592 e. The molecule has 1 aromatic heterocycles. The summed E-state index contributed by atoms with van der Waals surface area (Å²) in [6.45, 7) is 5.09. The first-order valence-electron chi connectivity index (χ1n) is 6.21. The van der Waals surface area contributed by atoms with Crippen LogP contribution in [0.4, 0.5) is 0 Å². The van der Waals surface area contributed by atoms with Crippen LogP contribution in [0.2, 0.25) is 0 Å². The van der Waals surface area contributed by atoms with Gasteiger partial charge in [-0.3, -0.25) is 4.98 Å². The highest BCUT2D eigenvalue weighted by atomic mass is 79.9. The number of pyridine rings is 1. The Morgan fingerprint density at radius 2 is 1.74 bits per heavy atom. The Labute approximate surface area is 130 Å². The Bertz CT molecular complexity index is 550. The summed E-state index contributed by atoms with van der Waals surface area (Å²) in [5, 5.41) is 3.52. The molecule has 0 aliphatic rings. The van der Waals surface area contributed by atoms with E-state index in [9.17, 15) is 0 Å². The average molecular weight is 384 g/mol. The summed E-state index contributed by atoms with van der Waals surface area (Å²) in [4.78, 5) is 4.29. The van der Waals surface area contributed by atoms with Crippen LogP contribution in [0.25, 0.3) is 0 Å². The number of benzene rings is 1. The van der Waals surface area contributed by atoms with Crippen molar-refractivity contribution in [2.24, 2.45) is 0 Å². The van der Waals surface area contributed by atoms with Gasteiger partial charge in [-0.05, 0) is 48.4 Å². The van der Waals surface area contributed by atoms with Gasteiger partial charge in [-0.25, -0.2) is 0 Å². The molecule has 2 nitrogen and oxygen atoms in total. The van der Waals surface area contributed by atoms with Crippen LogP contribution in [-0.2, 0) is 0 Å². The predicted octanol–water partition coefficient (Wildman–Crippen LogP) is 4.61. The minimum atomic E-state index is 0.159. The molecule has 0 aliphatic heterocycles. The fourth-order valence-corrected chi connectivity index (χ4v) is 3.44. The fraction of sp³-hybridized carbons (Fsp3) is 0.267. The van der Waals surface area contributed by atoms with Crippen LogP contribution in [0, 0.1) is 6.92 Å². The molecule has 0 saturated heterocycles. The lowest BCUT2D eigenvalue weighted by atomic mass is 9.99. The molecule has 1 unspecified atom stereocenters. The van der Waals surface area contributed by atoms with E-state index in [-0.39, 0.29) is 6.04 Å². The number of nitrogens with zero attached hydrogens (tertiary/aromatic N) is 1. The van der Waals surface area contributed by atoms with E-state index in [1.807, 2.05) is 18.5 Å². The van der Waals surface area contributed by atoms with Crippen LogP contribution in [0.3, 0.4) is 0 Å². The summed E-state index contributed by atoms with van der Waals surface area (Å²) in [6.07, 6.45) is 3.80. The van der Waals surface area contributed by atoms with Gasteiger partial charge in [0, 0.05) is 21.3 Å². The number of nitrogens with one attached hydrogen (secondary N) is 1. The Morgan fingerprint density at radius 1 is 1.05 bits per heavy atom. The molecule has 1 aromatic carbocycles. The maximum Gasteiger partial charge on any atom is 0.0592 e. The first kappa shape index (κ1) is 14.7. The summed E-state index contributed by atoms with van der Waals surface area (Å²) < 4.78 is 2.14. The van der Waals surface area contributed by atoms with Gasteiger partial charge in [0.15, 0.2) is 0 Å². The van der Waals surface area contributed by atoms with E-state index in [2.05, 4.69) is 74.2 Å². The summed E-state index contributed by atoms with van der Waals surface area (Å²) in [5.41, 5.74) is 3.58. The van der Waals surface area contributed by atoms with E-state index in [1.165, 1.54) is 16.7 Å². The third-order valence-electron chi connectivity index (χ3n) is 2.86. The number of rotatable bonds is 4. The third kappa shape index (κ3) is 3.88. The molecule has 4 heteroatoms. The summed E-state index contributed by atoms with van der Waals surface area (Å²) in [6, 6.07) is 8.66. The van der Waals surface area contributed by atoms with Gasteiger partial charge in [0.25, 0.3) is 0 Å². The van der Waals surface area contributed by atoms with Gasteiger partial charge in [0.05, 0.1) is 6.04 Å². The molecular weight excluding hydrogens is 368 g/mol. The molecule has 100 valence electrons. The van der Waals surface area contributed by atoms with E-state index in [0.29, 0.717) is 0 Å². The second-order valence-corrected chi connectivity index (χ2v) is 6.32. The first-order valence-corrected chi connectivity index (χ1v) is 7.79. The molecule has 0 fully saturated rings. The van der Waals surface area contributed by atoms with Gasteiger partial charge in [-0.15, -0.1) is 0 Å². The van der Waals surface area contributed by atoms with E-state index in [0.717, 1.165) is 15.5 Å². The largest absolute Gasteiger partial charge is 0.306 e. The number of hydrogen-bond donors (Lipinski definition) is 1. The molecule has 0 saturated carbocycles. The van der Waals surface area contributed by atoms with Crippen LogP contribution >= 0.6 is 31.9 Å². The van der Waals surface area contributed by atoms with Gasteiger partial charge in [0.1, 0.15) is 0 Å². The van der Waals surface area contributed by atoms with Crippen LogP contribution < -0.4 is 5.32 Å². The lowest BCUT2D eigenvalue weighted by Crippen LogP contribution is -2.22. The van der Waals surface area contributed by atoms with Crippen molar-refractivity contribution >= 4 is 31.9 Å². The monoisotopic (exact) mass is 382 g/mol. The zero-order chi connectivity index (χ0) is 13.8. The van der Waals surface area contributed by atoms with E-state index < -0.39 is 0 Å². The average Bonchev–Trinajstić information content (AvgIpc) is 2.34. The molecule has 2 aromatic rings. The summed E-state index contributed by atoms with van der Waals surface area (Å²) >= 11 is 7.09. The van der Waals surface area contributed by atoms with E-state index >= 15 is 0 Å². The third-order valence-corrected chi connectivity index (χ3v) is 3.77. The predicted molar refractivity (Wildman–Crippen MR) is 86.3 cm³/mol. The van der Waals surface area contributed by atoms with Gasteiger partial charge in [0.2, 0.25) is 0 Å². The SMILES string of the molecule is CCNC(c1cncc(C)c1)c1cc(Br)cc(Br)c1. The van der Waals surface area contributed by atoms with Gasteiger partial charge < -0.3 is 5.32 Å². The minimum Gasteiger partial charge on any atom is -0.306 e. The number of halogens is 2. The second kappa shape index (κ2) is 6.64. The van der Waals surface area contributed by atoms with Crippen LogP contribution in [0.1, 0.15) is 29.7 Å². The van der Waals surface area contributed by atoms with Crippen molar-refractivity contribution in [2.75, 3.05) is 6.54 Å². The van der Waals surface area contributed by atoms with Crippen molar-refractivity contribution in [3.63, 3.8) is 0 Å². The highest BCUT2D eigenvalue weighted by Crippen LogP contribution is 2.28. The zero-order valence-electron chi connectivity index (χ0n) is 11.0. The molecule has 19 heavy (non-hydrogen) atoms. The van der Waals surface area contributed by atoms with Crippen LogP contribution in [0.15, 0.2) is 45.6 Å².